The van der Waals surface area contributed by atoms with Crippen molar-refractivity contribution in [2.45, 2.75) is 49.2 Å². The van der Waals surface area contributed by atoms with Crippen molar-refractivity contribution in [2.75, 3.05) is 25.6 Å². The fourth-order valence-corrected chi connectivity index (χ4v) is 5.04. The molecule has 2 N–H and O–H groups in total. The van der Waals surface area contributed by atoms with E-state index >= 15 is 0 Å². The van der Waals surface area contributed by atoms with E-state index in [1.807, 2.05) is 14.1 Å². The van der Waals surface area contributed by atoms with Gasteiger partial charge in [0.1, 0.15) is 0 Å². The maximum Gasteiger partial charge on any atom is 0.277 e. The molecule has 1 amide bonds. The van der Waals surface area contributed by atoms with Crippen molar-refractivity contribution in [3.05, 3.63) is 5.89 Å². The molecule has 0 unspecified atom stereocenters. The summed E-state index contributed by atoms with van der Waals surface area (Å²) in [4.78, 5) is 13.4. The highest BCUT2D eigenvalue weighted by atomic mass is 32.2. The van der Waals surface area contributed by atoms with Crippen LogP contribution < -0.4 is 10.2 Å². The van der Waals surface area contributed by atoms with Crippen molar-refractivity contribution < 1.29 is 22.5 Å². The zero-order valence-electron chi connectivity index (χ0n) is 14.4. The van der Waals surface area contributed by atoms with E-state index in [9.17, 15) is 13.2 Å². The number of carbonyl (C=O) groups excluding carboxylic acids is 1. The standard InChI is InChI=1S/C14H24N4O4S2/c1-5-11(18(3)4)13-16-17-14(22-13)23-9(2)12(19)15-10-6-7-24(20,21)8-10/h9-11H,5-8H2,1-4H3,(H,15,19)/p+1/t9-,10+,11+/m0/s1. The number of thioether (sulfide) groups is 1. The topological polar surface area (TPSA) is 107 Å². The van der Waals surface area contributed by atoms with E-state index in [2.05, 4.69) is 22.4 Å². The average Bonchev–Trinajstić information content (AvgIpc) is 3.06. The highest BCUT2D eigenvalue weighted by molar-refractivity contribution is 8.00. The molecular formula is C14H25N4O4S2+. The predicted octanol–water partition coefficient (Wildman–Crippen LogP) is -0.551. The molecule has 0 aromatic carbocycles. The molecule has 3 atom stereocenters. The van der Waals surface area contributed by atoms with E-state index in [4.69, 9.17) is 4.42 Å². The molecule has 1 fully saturated rings. The van der Waals surface area contributed by atoms with Gasteiger partial charge in [-0.1, -0.05) is 18.7 Å². The Morgan fingerprint density at radius 2 is 2.17 bits per heavy atom. The molecule has 1 aromatic heterocycles. The van der Waals surface area contributed by atoms with Crippen LogP contribution in [0.3, 0.4) is 0 Å². The van der Waals surface area contributed by atoms with Gasteiger partial charge in [0.15, 0.2) is 15.9 Å². The molecule has 136 valence electrons. The van der Waals surface area contributed by atoms with Crippen molar-refractivity contribution >= 4 is 27.5 Å². The maximum atomic E-state index is 12.2. The molecule has 1 saturated heterocycles. The van der Waals surface area contributed by atoms with Crippen LogP contribution in [0, 0.1) is 0 Å². The second kappa shape index (κ2) is 7.83. The van der Waals surface area contributed by atoms with E-state index in [0.717, 1.165) is 6.42 Å². The second-order valence-corrected chi connectivity index (χ2v) is 9.83. The predicted molar refractivity (Wildman–Crippen MR) is 90.7 cm³/mol. The zero-order chi connectivity index (χ0) is 17.9. The lowest BCUT2D eigenvalue weighted by Crippen LogP contribution is -3.06. The van der Waals surface area contributed by atoms with Crippen molar-refractivity contribution in [1.82, 2.24) is 15.5 Å². The number of hydrogen-bond acceptors (Lipinski definition) is 7. The minimum atomic E-state index is -3.01. The lowest BCUT2D eigenvalue weighted by molar-refractivity contribution is -0.894. The Morgan fingerprint density at radius 1 is 1.46 bits per heavy atom. The molecule has 0 spiro atoms. The smallest absolute Gasteiger partial charge is 0.277 e. The van der Waals surface area contributed by atoms with Crippen LogP contribution in [-0.4, -0.2) is 61.4 Å². The number of amides is 1. The fourth-order valence-electron chi connectivity index (χ4n) is 2.67. The zero-order valence-corrected chi connectivity index (χ0v) is 16.0. The van der Waals surface area contributed by atoms with Crippen molar-refractivity contribution in [3.63, 3.8) is 0 Å². The number of nitrogens with one attached hydrogen (secondary N) is 2. The molecule has 0 bridgehead atoms. The van der Waals surface area contributed by atoms with E-state index < -0.39 is 15.1 Å². The van der Waals surface area contributed by atoms with Crippen LogP contribution in [0.2, 0.25) is 0 Å². The molecule has 0 saturated carbocycles. The van der Waals surface area contributed by atoms with Crippen molar-refractivity contribution in [1.29, 1.82) is 0 Å². The third kappa shape index (κ3) is 4.93. The van der Waals surface area contributed by atoms with Crippen LogP contribution in [0.5, 0.6) is 0 Å². The van der Waals surface area contributed by atoms with Gasteiger partial charge in [0.05, 0.1) is 30.9 Å². The van der Waals surface area contributed by atoms with Gasteiger partial charge in [-0.15, -0.1) is 10.2 Å². The first-order valence-electron chi connectivity index (χ1n) is 8.02. The van der Waals surface area contributed by atoms with E-state index in [-0.39, 0.29) is 29.5 Å². The molecule has 1 aliphatic heterocycles. The summed E-state index contributed by atoms with van der Waals surface area (Å²) in [5.41, 5.74) is 0. The van der Waals surface area contributed by atoms with E-state index in [1.165, 1.54) is 16.7 Å². The molecule has 0 aliphatic carbocycles. The monoisotopic (exact) mass is 377 g/mol. The number of aromatic nitrogens is 2. The Morgan fingerprint density at radius 3 is 2.71 bits per heavy atom. The Bertz CT molecular complexity index is 674. The van der Waals surface area contributed by atoms with Gasteiger partial charge < -0.3 is 14.6 Å². The summed E-state index contributed by atoms with van der Waals surface area (Å²) in [5.74, 6) is 0.504. The van der Waals surface area contributed by atoms with Crippen LogP contribution in [0.15, 0.2) is 9.64 Å². The number of carbonyl (C=O) groups is 1. The summed E-state index contributed by atoms with van der Waals surface area (Å²) in [6, 6.07) is -0.176. The lowest BCUT2D eigenvalue weighted by atomic mass is 10.2. The number of sulfone groups is 1. The van der Waals surface area contributed by atoms with Crippen LogP contribution in [0.1, 0.15) is 38.6 Å². The SMILES string of the molecule is CC[C@H](c1nnc(S[C@@H](C)C(=O)N[C@@H]2CCS(=O)(=O)C2)o1)[NH+](C)C. The Labute approximate surface area is 146 Å². The average molecular weight is 378 g/mol. The van der Waals surface area contributed by atoms with E-state index in [1.54, 1.807) is 6.92 Å². The molecule has 0 radical (unpaired) electrons. The maximum absolute atomic E-state index is 12.2. The normalized spacial score (nSPS) is 22.5. The summed E-state index contributed by atoms with van der Waals surface area (Å²) in [6.07, 6.45) is 1.35. The minimum Gasteiger partial charge on any atom is -0.410 e. The quantitative estimate of drug-likeness (QED) is 0.614. The first kappa shape index (κ1) is 19.2. The summed E-state index contributed by atoms with van der Waals surface area (Å²) >= 11 is 1.18. The molecule has 2 heterocycles. The fraction of sp³-hybridized carbons (Fsp3) is 0.786. The Hall–Kier alpha value is -1.13. The van der Waals surface area contributed by atoms with Gasteiger partial charge in [-0.25, -0.2) is 8.42 Å². The van der Waals surface area contributed by atoms with Gasteiger partial charge in [0.25, 0.3) is 11.1 Å². The summed E-state index contributed by atoms with van der Waals surface area (Å²) < 4.78 is 28.5. The Kier molecular flexibility index (Phi) is 6.27. The highest BCUT2D eigenvalue weighted by Crippen LogP contribution is 2.24. The summed E-state index contributed by atoms with van der Waals surface area (Å²) in [7, 11) is 1.04. The number of rotatable bonds is 7. The molecule has 1 aromatic rings. The molecule has 24 heavy (non-hydrogen) atoms. The van der Waals surface area contributed by atoms with Gasteiger partial charge >= 0.3 is 0 Å². The largest absolute Gasteiger partial charge is 0.410 e. The number of hydrogen-bond donors (Lipinski definition) is 2. The first-order chi connectivity index (χ1) is 11.2. The third-order valence-corrected chi connectivity index (χ3v) is 6.75. The molecule has 2 rings (SSSR count). The lowest BCUT2D eigenvalue weighted by Gasteiger charge is -2.15. The van der Waals surface area contributed by atoms with Gasteiger partial charge in [0, 0.05) is 12.5 Å². The Balaban J connectivity index is 1.91. The van der Waals surface area contributed by atoms with Crippen LogP contribution in [0.25, 0.3) is 0 Å². The number of quaternary nitrogens is 1. The summed E-state index contributed by atoms with van der Waals surface area (Å²) in [5, 5.41) is 10.8. The highest BCUT2D eigenvalue weighted by Gasteiger charge is 2.31. The molecule has 1 aliphatic rings. The van der Waals surface area contributed by atoms with Gasteiger partial charge in [0.2, 0.25) is 5.91 Å². The van der Waals surface area contributed by atoms with Crippen LogP contribution >= 0.6 is 11.8 Å². The van der Waals surface area contributed by atoms with Gasteiger partial charge in [-0.3, -0.25) is 4.79 Å². The third-order valence-electron chi connectivity index (χ3n) is 4.05. The van der Waals surface area contributed by atoms with Crippen LogP contribution in [0.4, 0.5) is 0 Å². The summed E-state index contributed by atoms with van der Waals surface area (Å²) in [6.45, 7) is 3.79. The van der Waals surface area contributed by atoms with Gasteiger partial charge in [-0.2, -0.15) is 0 Å². The van der Waals surface area contributed by atoms with Gasteiger partial charge in [-0.05, 0) is 13.3 Å². The minimum absolute atomic E-state index is 0.0185. The van der Waals surface area contributed by atoms with Crippen LogP contribution in [-0.2, 0) is 14.6 Å². The molecule has 8 nitrogen and oxygen atoms in total. The van der Waals surface area contributed by atoms with Crippen molar-refractivity contribution in [2.24, 2.45) is 0 Å². The van der Waals surface area contributed by atoms with E-state index in [0.29, 0.717) is 17.5 Å². The number of nitrogens with zero attached hydrogens (tertiary/aromatic N) is 2. The molecular weight excluding hydrogens is 352 g/mol. The first-order valence-corrected chi connectivity index (χ1v) is 10.7. The second-order valence-electron chi connectivity index (χ2n) is 6.31. The van der Waals surface area contributed by atoms with Crippen molar-refractivity contribution in [3.8, 4) is 0 Å². The molecule has 10 heteroatoms.